The quantitative estimate of drug-likeness (QED) is 0.302. The minimum absolute atomic E-state index is 0.111. The highest BCUT2D eigenvalue weighted by molar-refractivity contribution is 6.39. The van der Waals surface area contributed by atoms with Crippen molar-refractivity contribution >= 4 is 46.4 Å². The highest BCUT2D eigenvalue weighted by Crippen LogP contribution is 2.41. The lowest BCUT2D eigenvalue weighted by Crippen LogP contribution is -2.36. The Hall–Kier alpha value is -3.04. The molecule has 0 aliphatic carbocycles. The lowest BCUT2D eigenvalue weighted by molar-refractivity contribution is -0.126. The lowest BCUT2D eigenvalue weighted by atomic mass is 10.2. The van der Waals surface area contributed by atoms with Gasteiger partial charge in [0, 0.05) is 17.8 Å². The van der Waals surface area contributed by atoms with Crippen LogP contribution in [0.3, 0.4) is 0 Å². The first-order valence-corrected chi connectivity index (χ1v) is 9.54. The third-order valence-electron chi connectivity index (χ3n) is 4.16. The predicted octanol–water partition coefficient (Wildman–Crippen LogP) is 4.60. The van der Waals surface area contributed by atoms with E-state index in [1.807, 2.05) is 0 Å². The number of nitrogens with zero attached hydrogens (tertiary/aromatic N) is 3. The van der Waals surface area contributed by atoms with E-state index in [2.05, 4.69) is 10.2 Å². The van der Waals surface area contributed by atoms with E-state index in [1.165, 1.54) is 47.5 Å². The highest BCUT2D eigenvalue weighted by atomic mass is 35.5. The maximum atomic E-state index is 12.9. The Balaban J connectivity index is 2.37. The van der Waals surface area contributed by atoms with Gasteiger partial charge >= 0.3 is 0 Å². The number of rotatable bonds is 9. The number of ketones is 1. The minimum Gasteiger partial charge on any atom is -0.497 e. The molecule has 0 radical (unpaired) electrons. The van der Waals surface area contributed by atoms with Crippen molar-refractivity contribution in [2.45, 2.75) is 13.0 Å². The molecule has 2 rings (SSSR count). The van der Waals surface area contributed by atoms with E-state index >= 15 is 0 Å². The molecule has 0 aliphatic rings. The third-order valence-corrected chi connectivity index (χ3v) is 4.87. The number of carbonyl (C=O) groups is 2. The molecule has 1 unspecified atom stereocenters. The number of halogens is 2. The van der Waals surface area contributed by atoms with Crippen molar-refractivity contribution in [3.63, 3.8) is 0 Å². The van der Waals surface area contributed by atoms with Gasteiger partial charge in [-0.3, -0.25) is 9.59 Å². The molecule has 1 atom stereocenters. The Kier molecular flexibility index (Phi) is 8.47. The summed E-state index contributed by atoms with van der Waals surface area (Å²) in [5.74, 6) is 0.0211. The summed E-state index contributed by atoms with van der Waals surface area (Å²) in [5.41, 5.74) is 0.391. The van der Waals surface area contributed by atoms with Crippen LogP contribution < -0.4 is 23.4 Å². The van der Waals surface area contributed by atoms with Crippen LogP contribution in [0, 0.1) is 0 Å². The molecule has 11 heteroatoms. The van der Waals surface area contributed by atoms with Gasteiger partial charge in [0.2, 0.25) is 6.04 Å². The lowest BCUT2D eigenvalue weighted by Gasteiger charge is -2.19. The summed E-state index contributed by atoms with van der Waals surface area (Å²) in [6.07, 6.45) is 0. The maximum absolute atomic E-state index is 12.9. The van der Waals surface area contributed by atoms with Crippen molar-refractivity contribution in [3.8, 4) is 23.0 Å². The van der Waals surface area contributed by atoms with E-state index in [1.54, 1.807) is 18.2 Å². The van der Waals surface area contributed by atoms with Gasteiger partial charge in [-0.05, 0) is 31.2 Å². The molecule has 9 nitrogen and oxygen atoms in total. The van der Waals surface area contributed by atoms with Gasteiger partial charge in [-0.2, -0.15) is 10.2 Å². The monoisotopic (exact) mass is 469 g/mol. The summed E-state index contributed by atoms with van der Waals surface area (Å²) in [4.78, 5) is 25.0. The van der Waals surface area contributed by atoms with Crippen molar-refractivity contribution in [2.75, 3.05) is 32.9 Å². The number of hydrogen-bond acceptors (Lipinski definition) is 8. The summed E-state index contributed by atoms with van der Waals surface area (Å²) in [6, 6.07) is 6.23. The van der Waals surface area contributed by atoms with Crippen molar-refractivity contribution < 1.29 is 28.5 Å². The number of benzene rings is 2. The number of anilines is 1. The minimum atomic E-state index is -1.51. The van der Waals surface area contributed by atoms with Crippen LogP contribution in [0.15, 0.2) is 40.6 Å². The Labute approximate surface area is 189 Å². The van der Waals surface area contributed by atoms with Crippen LogP contribution in [0.1, 0.15) is 6.92 Å². The largest absolute Gasteiger partial charge is 0.497 e. The van der Waals surface area contributed by atoms with Gasteiger partial charge in [-0.1, -0.05) is 11.6 Å². The molecule has 0 fully saturated rings. The predicted molar refractivity (Wildman–Crippen MR) is 116 cm³/mol. The molecule has 2 aromatic carbocycles. The molecule has 0 bridgehead atoms. The fourth-order valence-corrected chi connectivity index (χ4v) is 3.06. The fraction of sp³-hybridized carbons (Fsp3) is 0.300. The molecule has 1 amide bonds. The molecule has 0 aromatic heterocycles. The molecule has 0 aliphatic heterocycles. The molecule has 0 spiro atoms. The molecule has 166 valence electrons. The van der Waals surface area contributed by atoms with Crippen LogP contribution in [0.25, 0.3) is 0 Å². The van der Waals surface area contributed by atoms with E-state index < -0.39 is 17.7 Å². The summed E-state index contributed by atoms with van der Waals surface area (Å²) in [6.45, 7) is 1.20. The summed E-state index contributed by atoms with van der Waals surface area (Å²) in [7, 11) is 5.78. The second-order valence-corrected chi connectivity index (χ2v) is 6.74. The zero-order chi connectivity index (χ0) is 23.1. The van der Waals surface area contributed by atoms with Crippen LogP contribution in [0.2, 0.25) is 5.02 Å². The van der Waals surface area contributed by atoms with Gasteiger partial charge in [0.05, 0.1) is 28.4 Å². The molecule has 0 saturated heterocycles. The first-order chi connectivity index (χ1) is 14.8. The SMILES string of the molecule is COc1ccc(N(Cl)C(=O)C(N=Nc2ccc(OC)c(OC)c2Cl)C(C)=O)c(OC)c1. The van der Waals surface area contributed by atoms with Crippen LogP contribution in [0.4, 0.5) is 11.4 Å². The molecule has 0 N–H and O–H groups in total. The van der Waals surface area contributed by atoms with Crippen LogP contribution in [0.5, 0.6) is 23.0 Å². The fourth-order valence-electron chi connectivity index (χ4n) is 2.55. The van der Waals surface area contributed by atoms with E-state index in [-0.39, 0.29) is 27.9 Å². The third kappa shape index (κ3) is 5.36. The standard InChI is InChI=1S/C20H21Cl2N3O6/c1-11(26)18(24-23-13-7-9-15(29-3)19(31-5)17(13)21)20(27)25(22)14-8-6-12(28-2)10-16(14)30-4/h6-10,18H,1-5H3. The molecule has 2 aromatic rings. The Morgan fingerprint density at radius 3 is 2.19 bits per heavy atom. The van der Waals surface area contributed by atoms with Gasteiger partial charge in [0.1, 0.15) is 27.9 Å². The molecule has 0 heterocycles. The van der Waals surface area contributed by atoms with Gasteiger partial charge < -0.3 is 18.9 Å². The zero-order valence-corrected chi connectivity index (χ0v) is 19.0. The summed E-state index contributed by atoms with van der Waals surface area (Å²) >= 11 is 12.5. The van der Waals surface area contributed by atoms with Gasteiger partial charge in [-0.25, -0.2) is 4.42 Å². The summed E-state index contributed by atoms with van der Waals surface area (Å²) < 4.78 is 21.5. The van der Waals surface area contributed by atoms with Crippen molar-refractivity contribution in [1.29, 1.82) is 0 Å². The normalized spacial score (nSPS) is 11.7. The zero-order valence-electron chi connectivity index (χ0n) is 17.5. The topological polar surface area (TPSA) is 99.0 Å². The second kappa shape index (κ2) is 10.8. The van der Waals surface area contributed by atoms with E-state index in [9.17, 15) is 9.59 Å². The van der Waals surface area contributed by atoms with Crippen LogP contribution in [-0.2, 0) is 9.59 Å². The maximum Gasteiger partial charge on any atom is 0.276 e. The second-order valence-electron chi connectivity index (χ2n) is 6.02. The number of carbonyl (C=O) groups excluding carboxylic acids is 2. The Morgan fingerprint density at radius 2 is 1.65 bits per heavy atom. The number of Topliss-reactive ketones (excluding diaryl/α,β-unsaturated/α-hetero) is 1. The first kappa shape index (κ1) is 24.2. The van der Waals surface area contributed by atoms with Crippen LogP contribution >= 0.6 is 23.4 Å². The average Bonchev–Trinajstić information content (AvgIpc) is 2.78. The number of amides is 1. The van der Waals surface area contributed by atoms with Crippen molar-refractivity contribution in [3.05, 3.63) is 35.4 Å². The molecule has 0 saturated carbocycles. The van der Waals surface area contributed by atoms with E-state index in [0.717, 1.165) is 4.42 Å². The van der Waals surface area contributed by atoms with E-state index in [4.69, 9.17) is 42.3 Å². The molecular formula is C20H21Cl2N3O6. The van der Waals surface area contributed by atoms with Gasteiger partial charge in [0.25, 0.3) is 5.91 Å². The Bertz CT molecular complexity index is 999. The van der Waals surface area contributed by atoms with Crippen molar-refractivity contribution in [1.82, 2.24) is 0 Å². The van der Waals surface area contributed by atoms with Gasteiger partial charge in [0.15, 0.2) is 17.3 Å². The smallest absolute Gasteiger partial charge is 0.276 e. The molecular weight excluding hydrogens is 449 g/mol. The van der Waals surface area contributed by atoms with Gasteiger partial charge in [-0.15, -0.1) is 0 Å². The number of hydrogen-bond donors (Lipinski definition) is 0. The first-order valence-electron chi connectivity index (χ1n) is 8.82. The average molecular weight is 470 g/mol. The number of azo groups is 1. The number of methoxy groups -OCH3 is 4. The summed E-state index contributed by atoms with van der Waals surface area (Å²) in [5, 5.41) is 7.94. The van der Waals surface area contributed by atoms with Crippen LogP contribution in [-0.4, -0.2) is 46.2 Å². The number of ether oxygens (including phenoxy) is 4. The Morgan fingerprint density at radius 1 is 0.968 bits per heavy atom. The highest BCUT2D eigenvalue weighted by Gasteiger charge is 2.30. The molecule has 31 heavy (non-hydrogen) atoms. The van der Waals surface area contributed by atoms with Crippen molar-refractivity contribution in [2.24, 2.45) is 10.2 Å². The van der Waals surface area contributed by atoms with E-state index in [0.29, 0.717) is 11.5 Å².